The van der Waals surface area contributed by atoms with Crippen LogP contribution in [0.3, 0.4) is 0 Å². The van der Waals surface area contributed by atoms with E-state index in [1.54, 1.807) is 30.7 Å². The summed E-state index contributed by atoms with van der Waals surface area (Å²) in [4.78, 5) is 7.35. The first-order chi connectivity index (χ1) is 16.4. The maximum absolute atomic E-state index is 13.1. The third kappa shape index (κ3) is 4.92. The Balaban J connectivity index is 1.56. The van der Waals surface area contributed by atoms with E-state index in [2.05, 4.69) is 16.4 Å². The van der Waals surface area contributed by atoms with Crippen LogP contribution in [0.15, 0.2) is 41.3 Å². The van der Waals surface area contributed by atoms with Crippen molar-refractivity contribution in [2.24, 2.45) is 0 Å². The van der Waals surface area contributed by atoms with Gasteiger partial charge in [-0.3, -0.25) is 4.90 Å². The van der Waals surface area contributed by atoms with Crippen LogP contribution in [-0.4, -0.2) is 61.5 Å². The minimum absolute atomic E-state index is 0.327. The first-order valence-electron chi connectivity index (χ1n) is 11.8. The lowest BCUT2D eigenvalue weighted by atomic mass is 10.2. The second-order valence-corrected chi connectivity index (χ2v) is 10.7. The Hall–Kier alpha value is -2.62. The van der Waals surface area contributed by atoms with Gasteiger partial charge in [-0.1, -0.05) is 12.5 Å². The van der Waals surface area contributed by atoms with E-state index < -0.39 is 10.0 Å². The average Bonchev–Trinajstić information content (AvgIpc) is 3.20. The molecule has 0 bridgehead atoms. The number of ether oxygens (including phenoxy) is 2. The van der Waals surface area contributed by atoms with Crippen LogP contribution in [0.1, 0.15) is 37.6 Å². The molecule has 2 aromatic carbocycles. The van der Waals surface area contributed by atoms with Gasteiger partial charge in [-0.25, -0.2) is 13.4 Å². The summed E-state index contributed by atoms with van der Waals surface area (Å²) >= 11 is 0. The van der Waals surface area contributed by atoms with E-state index in [1.165, 1.54) is 0 Å². The van der Waals surface area contributed by atoms with Crippen LogP contribution in [0, 0.1) is 0 Å². The Morgan fingerprint density at radius 2 is 1.71 bits per heavy atom. The summed E-state index contributed by atoms with van der Waals surface area (Å²) in [5, 5.41) is 0. The molecular formula is C25H34N4O4S. The molecule has 34 heavy (non-hydrogen) atoms. The van der Waals surface area contributed by atoms with Crippen LogP contribution < -0.4 is 9.47 Å². The molecule has 0 aliphatic carbocycles. The largest absolute Gasteiger partial charge is 0.493 e. The van der Waals surface area contributed by atoms with Crippen molar-refractivity contribution in [3.63, 3.8) is 0 Å². The van der Waals surface area contributed by atoms with Crippen LogP contribution in [-0.2, 0) is 29.7 Å². The number of aromatic nitrogens is 2. The van der Waals surface area contributed by atoms with Crippen molar-refractivity contribution in [3.05, 3.63) is 47.8 Å². The first kappa shape index (κ1) is 24.5. The molecule has 184 valence electrons. The quantitative estimate of drug-likeness (QED) is 0.457. The second-order valence-electron chi connectivity index (χ2n) is 8.75. The van der Waals surface area contributed by atoms with E-state index in [0.29, 0.717) is 42.6 Å². The maximum atomic E-state index is 13.1. The van der Waals surface area contributed by atoms with Gasteiger partial charge in [0.2, 0.25) is 10.0 Å². The van der Waals surface area contributed by atoms with Crippen LogP contribution >= 0.6 is 0 Å². The van der Waals surface area contributed by atoms with Gasteiger partial charge in [-0.05, 0) is 62.7 Å². The highest BCUT2D eigenvalue weighted by atomic mass is 32.2. The van der Waals surface area contributed by atoms with Crippen LogP contribution in [0.4, 0.5) is 0 Å². The molecule has 0 spiro atoms. The van der Waals surface area contributed by atoms with Gasteiger partial charge in [0.15, 0.2) is 11.5 Å². The fraction of sp³-hybridized carbons (Fsp3) is 0.480. The molecule has 1 saturated heterocycles. The normalized spacial score (nSPS) is 15.2. The number of sulfonamides is 1. The smallest absolute Gasteiger partial charge is 0.243 e. The molecule has 8 nitrogen and oxygen atoms in total. The summed E-state index contributed by atoms with van der Waals surface area (Å²) in [6.45, 7) is 5.37. The molecular weight excluding hydrogens is 452 g/mol. The van der Waals surface area contributed by atoms with Crippen molar-refractivity contribution < 1.29 is 17.9 Å². The molecule has 2 heterocycles. The Bertz CT molecular complexity index is 1250. The van der Waals surface area contributed by atoms with Crippen molar-refractivity contribution in [2.75, 3.05) is 34.4 Å². The number of hydrogen-bond acceptors (Lipinski definition) is 6. The van der Waals surface area contributed by atoms with E-state index in [1.807, 2.05) is 31.3 Å². The van der Waals surface area contributed by atoms with E-state index in [9.17, 15) is 8.42 Å². The van der Waals surface area contributed by atoms with Gasteiger partial charge in [-0.15, -0.1) is 0 Å². The van der Waals surface area contributed by atoms with E-state index in [-0.39, 0.29) is 0 Å². The van der Waals surface area contributed by atoms with Gasteiger partial charge in [-0.2, -0.15) is 4.31 Å². The number of fused-ring (bicyclic) bond motifs is 1. The van der Waals surface area contributed by atoms with Crippen molar-refractivity contribution in [1.29, 1.82) is 0 Å². The fourth-order valence-corrected chi connectivity index (χ4v) is 6.17. The molecule has 9 heteroatoms. The number of aryl methyl sites for hydroxylation is 1. The number of piperidine rings is 1. The van der Waals surface area contributed by atoms with Gasteiger partial charge in [0, 0.05) is 26.2 Å². The fourth-order valence-electron chi connectivity index (χ4n) is 4.64. The molecule has 3 aromatic rings. The Labute approximate surface area is 202 Å². The molecule has 1 aliphatic heterocycles. The lowest BCUT2D eigenvalue weighted by molar-refractivity contribution is 0.304. The van der Waals surface area contributed by atoms with Gasteiger partial charge < -0.3 is 14.0 Å². The van der Waals surface area contributed by atoms with Gasteiger partial charge in [0.25, 0.3) is 0 Å². The van der Waals surface area contributed by atoms with Crippen molar-refractivity contribution >= 4 is 21.1 Å². The van der Waals surface area contributed by atoms with E-state index >= 15 is 0 Å². The van der Waals surface area contributed by atoms with Crippen molar-refractivity contribution in [3.8, 4) is 11.5 Å². The average molecular weight is 487 g/mol. The minimum Gasteiger partial charge on any atom is -0.493 e. The van der Waals surface area contributed by atoms with Crippen molar-refractivity contribution in [2.45, 2.75) is 50.7 Å². The lowest BCUT2D eigenvalue weighted by Gasteiger charge is -2.25. The molecule has 0 amide bonds. The standard InChI is InChI=1S/C25H34N4O4S/c1-5-29-22-11-10-20(34(30,31)28-13-7-6-8-14-28)16-21(22)26-25(29)18-27(2)17-19-9-12-23(32-3)24(15-19)33-4/h9-12,15-16H,5-8,13-14,17-18H2,1-4H3. The van der Waals surface area contributed by atoms with Gasteiger partial charge in [0.05, 0.1) is 36.7 Å². The van der Waals surface area contributed by atoms with Crippen molar-refractivity contribution in [1.82, 2.24) is 18.8 Å². The lowest BCUT2D eigenvalue weighted by Crippen LogP contribution is -2.35. The predicted octanol–water partition coefficient (Wildman–Crippen LogP) is 3.88. The zero-order valence-electron chi connectivity index (χ0n) is 20.5. The zero-order valence-corrected chi connectivity index (χ0v) is 21.3. The third-order valence-corrected chi connectivity index (χ3v) is 8.27. The number of hydrogen-bond donors (Lipinski definition) is 0. The summed E-state index contributed by atoms with van der Waals surface area (Å²) < 4.78 is 40.8. The Morgan fingerprint density at radius 3 is 2.38 bits per heavy atom. The second kappa shape index (κ2) is 10.3. The molecule has 1 aliphatic rings. The highest BCUT2D eigenvalue weighted by Gasteiger charge is 2.26. The molecule has 0 saturated carbocycles. The Kier molecular flexibility index (Phi) is 7.45. The SMILES string of the molecule is CCn1c(CN(C)Cc2ccc(OC)c(OC)c2)nc2cc(S(=O)(=O)N3CCCCC3)ccc21. The molecule has 1 aromatic heterocycles. The number of nitrogens with zero attached hydrogens (tertiary/aromatic N) is 4. The molecule has 1 fully saturated rings. The number of benzene rings is 2. The van der Waals surface area contributed by atoms with Crippen LogP contribution in [0.2, 0.25) is 0 Å². The summed E-state index contributed by atoms with van der Waals surface area (Å²) in [7, 11) is 1.82. The third-order valence-electron chi connectivity index (χ3n) is 6.38. The summed E-state index contributed by atoms with van der Waals surface area (Å²) in [6.07, 6.45) is 2.93. The van der Waals surface area contributed by atoms with Gasteiger partial charge >= 0.3 is 0 Å². The summed E-state index contributed by atoms with van der Waals surface area (Å²) in [5.41, 5.74) is 2.78. The minimum atomic E-state index is -3.49. The molecule has 0 atom stereocenters. The van der Waals surface area contributed by atoms with Crippen LogP contribution in [0.25, 0.3) is 11.0 Å². The molecule has 0 N–H and O–H groups in total. The monoisotopic (exact) mass is 486 g/mol. The maximum Gasteiger partial charge on any atom is 0.243 e. The van der Waals surface area contributed by atoms with Crippen LogP contribution in [0.5, 0.6) is 11.5 Å². The summed E-state index contributed by atoms with van der Waals surface area (Å²) in [5.74, 6) is 2.32. The van der Waals surface area contributed by atoms with Gasteiger partial charge in [0.1, 0.15) is 5.82 Å². The number of imidazole rings is 1. The molecule has 0 unspecified atom stereocenters. The highest BCUT2D eigenvalue weighted by molar-refractivity contribution is 7.89. The zero-order chi connectivity index (χ0) is 24.3. The summed E-state index contributed by atoms with van der Waals surface area (Å²) in [6, 6.07) is 11.3. The van der Waals surface area contributed by atoms with E-state index in [4.69, 9.17) is 14.5 Å². The number of methoxy groups -OCH3 is 2. The van der Waals surface area contributed by atoms with E-state index in [0.717, 1.165) is 48.2 Å². The Morgan fingerprint density at radius 1 is 0.971 bits per heavy atom. The molecule has 4 rings (SSSR count). The topological polar surface area (TPSA) is 76.9 Å². The molecule has 0 radical (unpaired) electrons. The predicted molar refractivity (Wildman–Crippen MR) is 133 cm³/mol. The number of rotatable bonds is 9. The highest BCUT2D eigenvalue weighted by Crippen LogP contribution is 2.29. The first-order valence-corrected chi connectivity index (χ1v) is 13.2.